The number of anilines is 1. The van der Waals surface area contributed by atoms with Gasteiger partial charge in [0.25, 0.3) is 0 Å². The maximum atomic E-state index is 8.69. The van der Waals surface area contributed by atoms with Crippen molar-refractivity contribution in [2.75, 3.05) is 18.9 Å². The zero-order chi connectivity index (χ0) is 24.5. The number of pyridine rings is 1. The molecule has 9 heteroatoms. The lowest BCUT2D eigenvalue weighted by atomic mass is 10.1. The molecule has 180 valence electrons. The minimum Gasteiger partial charge on any atom is -0.494 e. The summed E-state index contributed by atoms with van der Waals surface area (Å²) in [6.45, 7) is 1.26. The molecule has 0 spiro atoms. The second-order valence-corrected chi connectivity index (χ2v) is 8.80. The monoisotopic (exact) mass is 489 g/mol. The summed E-state index contributed by atoms with van der Waals surface area (Å²) >= 11 is 1.46. The highest BCUT2D eigenvalue weighted by atomic mass is 32.1. The number of nitrogens with two attached hydrogens (primary N) is 2. The third-order valence-electron chi connectivity index (χ3n) is 5.27. The fraction of sp³-hybridized carbons (Fsp3) is 0.192. The molecule has 0 aliphatic carbocycles. The van der Waals surface area contributed by atoms with Crippen LogP contribution in [0.3, 0.4) is 0 Å². The fourth-order valence-electron chi connectivity index (χ4n) is 3.40. The van der Waals surface area contributed by atoms with Crippen LogP contribution in [0.25, 0.3) is 21.8 Å². The van der Waals surface area contributed by atoms with E-state index in [1.165, 1.54) is 11.3 Å². The highest BCUT2D eigenvalue weighted by molar-refractivity contribution is 7.19. The Morgan fingerprint density at radius 1 is 0.886 bits per heavy atom. The van der Waals surface area contributed by atoms with Gasteiger partial charge in [-0.3, -0.25) is 4.98 Å². The summed E-state index contributed by atoms with van der Waals surface area (Å²) < 4.78 is 11.6. The van der Waals surface area contributed by atoms with Gasteiger partial charge < -0.3 is 26.1 Å². The molecule has 0 aliphatic rings. The van der Waals surface area contributed by atoms with E-state index >= 15 is 0 Å². The lowest BCUT2D eigenvalue weighted by molar-refractivity contribution is 0.279. The van der Waals surface area contributed by atoms with Crippen molar-refractivity contribution in [1.82, 2.24) is 9.97 Å². The van der Waals surface area contributed by atoms with Crippen LogP contribution in [0.1, 0.15) is 24.8 Å². The van der Waals surface area contributed by atoms with Crippen molar-refractivity contribution >= 4 is 22.2 Å². The van der Waals surface area contributed by atoms with Crippen molar-refractivity contribution in [1.29, 1.82) is 0 Å². The molecule has 35 heavy (non-hydrogen) atoms. The Kier molecular flexibility index (Phi) is 8.13. The summed E-state index contributed by atoms with van der Waals surface area (Å²) in [6, 6.07) is 18.8. The van der Waals surface area contributed by atoms with Gasteiger partial charge >= 0.3 is 0 Å². The SMILES string of the molecule is N/C(=N/O)c1ccc(OCCCCCOc2ccc(-c3nc(-c4cccnc4)sc3N)cc2)cc1. The first-order valence-electron chi connectivity index (χ1n) is 11.2. The van der Waals surface area contributed by atoms with Crippen LogP contribution in [0, 0.1) is 0 Å². The van der Waals surface area contributed by atoms with Crippen molar-refractivity contribution in [3.05, 3.63) is 78.6 Å². The van der Waals surface area contributed by atoms with Crippen LogP contribution in [-0.4, -0.2) is 34.2 Å². The first-order chi connectivity index (χ1) is 17.1. The molecule has 2 heterocycles. The minimum atomic E-state index is 0.0772. The summed E-state index contributed by atoms with van der Waals surface area (Å²) in [5.74, 6) is 1.65. The topological polar surface area (TPSA) is 129 Å². The second-order valence-electron chi connectivity index (χ2n) is 7.77. The summed E-state index contributed by atoms with van der Waals surface area (Å²) in [4.78, 5) is 8.85. The number of amidine groups is 1. The van der Waals surface area contributed by atoms with Crippen molar-refractivity contribution in [2.45, 2.75) is 19.3 Å². The maximum absolute atomic E-state index is 8.69. The van der Waals surface area contributed by atoms with Crippen LogP contribution in [0.5, 0.6) is 11.5 Å². The Hall–Kier alpha value is -4.11. The van der Waals surface area contributed by atoms with Crippen LogP contribution in [-0.2, 0) is 0 Å². The molecule has 8 nitrogen and oxygen atoms in total. The van der Waals surface area contributed by atoms with Crippen molar-refractivity contribution in [3.8, 4) is 33.3 Å². The molecule has 4 aromatic rings. The van der Waals surface area contributed by atoms with E-state index in [0.29, 0.717) is 23.8 Å². The molecule has 2 aromatic heterocycles. The molecule has 5 N–H and O–H groups in total. The van der Waals surface area contributed by atoms with Crippen LogP contribution in [0.2, 0.25) is 0 Å². The molecule has 0 atom stereocenters. The van der Waals surface area contributed by atoms with Gasteiger partial charge in [0.2, 0.25) is 0 Å². The summed E-state index contributed by atoms with van der Waals surface area (Å²) in [6.07, 6.45) is 6.37. The maximum Gasteiger partial charge on any atom is 0.170 e. The first-order valence-corrected chi connectivity index (χ1v) is 12.1. The van der Waals surface area contributed by atoms with Crippen molar-refractivity contribution in [3.63, 3.8) is 0 Å². The highest BCUT2D eigenvalue weighted by Gasteiger charge is 2.12. The minimum absolute atomic E-state index is 0.0772. The lowest BCUT2D eigenvalue weighted by Gasteiger charge is -2.08. The van der Waals surface area contributed by atoms with Gasteiger partial charge in [0, 0.05) is 29.1 Å². The van der Waals surface area contributed by atoms with E-state index in [1.807, 2.05) is 36.4 Å². The molecule has 0 unspecified atom stereocenters. The van der Waals surface area contributed by atoms with E-state index < -0.39 is 0 Å². The average Bonchev–Trinajstić information content (AvgIpc) is 3.30. The van der Waals surface area contributed by atoms with Gasteiger partial charge in [-0.25, -0.2) is 4.98 Å². The van der Waals surface area contributed by atoms with Crippen LogP contribution in [0.4, 0.5) is 5.00 Å². The summed E-state index contributed by atoms with van der Waals surface area (Å²) in [5, 5.41) is 13.2. The first kappa shape index (κ1) is 24.0. The van der Waals surface area contributed by atoms with Crippen molar-refractivity contribution < 1.29 is 14.7 Å². The van der Waals surface area contributed by atoms with E-state index in [1.54, 1.807) is 36.7 Å². The highest BCUT2D eigenvalue weighted by Crippen LogP contribution is 2.36. The molecule has 2 aromatic carbocycles. The zero-order valence-corrected chi connectivity index (χ0v) is 19.9. The van der Waals surface area contributed by atoms with Gasteiger partial charge in [-0.2, -0.15) is 0 Å². The molecular formula is C26H27N5O3S. The van der Waals surface area contributed by atoms with Gasteiger partial charge in [-0.05, 0) is 79.9 Å². The Morgan fingerprint density at radius 3 is 2.14 bits per heavy atom. The van der Waals surface area contributed by atoms with Crippen LogP contribution >= 0.6 is 11.3 Å². The van der Waals surface area contributed by atoms with Crippen LogP contribution in [0.15, 0.2) is 78.2 Å². The summed E-state index contributed by atoms with van der Waals surface area (Å²) in [7, 11) is 0. The van der Waals surface area contributed by atoms with E-state index in [4.69, 9.17) is 31.1 Å². The van der Waals surface area contributed by atoms with Gasteiger partial charge in [0.1, 0.15) is 27.2 Å². The predicted octanol–water partition coefficient (Wildman–Crippen LogP) is 5.18. The van der Waals surface area contributed by atoms with E-state index in [2.05, 4.69) is 10.1 Å². The third kappa shape index (κ3) is 6.48. The number of ether oxygens (including phenoxy) is 2. The molecular weight excluding hydrogens is 462 g/mol. The fourth-order valence-corrected chi connectivity index (χ4v) is 4.25. The smallest absolute Gasteiger partial charge is 0.170 e. The van der Waals surface area contributed by atoms with Gasteiger partial charge in [-0.15, -0.1) is 0 Å². The predicted molar refractivity (Wildman–Crippen MR) is 139 cm³/mol. The Labute approximate surface area is 207 Å². The second kappa shape index (κ2) is 11.8. The number of hydrogen-bond donors (Lipinski definition) is 3. The Balaban J connectivity index is 1.17. The number of hydrogen-bond acceptors (Lipinski definition) is 8. The van der Waals surface area contributed by atoms with Gasteiger partial charge in [0.15, 0.2) is 5.84 Å². The zero-order valence-electron chi connectivity index (χ0n) is 19.1. The van der Waals surface area contributed by atoms with Gasteiger partial charge in [0.05, 0.1) is 13.2 Å². The van der Waals surface area contributed by atoms with E-state index in [-0.39, 0.29) is 5.84 Å². The number of rotatable bonds is 11. The number of nitrogen functional groups attached to an aromatic ring is 1. The number of unbranched alkanes of at least 4 members (excludes halogenated alkanes) is 2. The largest absolute Gasteiger partial charge is 0.494 e. The lowest BCUT2D eigenvalue weighted by Crippen LogP contribution is -2.12. The normalized spacial score (nSPS) is 11.4. The number of benzene rings is 2. The average molecular weight is 490 g/mol. The van der Waals surface area contributed by atoms with Crippen LogP contribution < -0.4 is 20.9 Å². The van der Waals surface area contributed by atoms with Crippen molar-refractivity contribution in [2.24, 2.45) is 10.9 Å². The standard InChI is InChI=1S/C26H27N5O3S/c27-24(31-32)19-8-12-22(13-9-19)34-16-3-1-2-15-33-21-10-6-18(7-11-21)23-25(28)35-26(30-23)20-5-4-14-29-17-20/h4-14,17,32H,1-3,15-16,28H2,(H2,27,31). The molecule has 0 radical (unpaired) electrons. The van der Waals surface area contributed by atoms with E-state index in [0.717, 1.165) is 52.6 Å². The molecule has 0 fully saturated rings. The molecule has 0 bridgehead atoms. The van der Waals surface area contributed by atoms with Gasteiger partial charge in [-0.1, -0.05) is 16.5 Å². The Bertz CT molecular complexity index is 1240. The number of thiazole rings is 1. The summed E-state index contributed by atoms with van der Waals surface area (Å²) in [5.41, 5.74) is 15.1. The number of nitrogens with zero attached hydrogens (tertiary/aromatic N) is 3. The number of oxime groups is 1. The molecule has 0 saturated heterocycles. The molecule has 4 rings (SSSR count). The number of aromatic nitrogens is 2. The van der Waals surface area contributed by atoms with E-state index in [9.17, 15) is 0 Å². The molecule has 0 amide bonds. The third-order valence-corrected chi connectivity index (χ3v) is 6.21. The Morgan fingerprint density at radius 2 is 1.54 bits per heavy atom. The quantitative estimate of drug-likeness (QED) is 0.0870. The molecule has 0 aliphatic heterocycles. The molecule has 0 saturated carbocycles.